The molecule has 33 heavy (non-hydrogen) atoms. The number of nitrogens with one attached hydrogen (secondary N) is 3. The maximum Gasteiger partial charge on any atom is 0.270 e. The highest BCUT2D eigenvalue weighted by Gasteiger charge is 2.27. The predicted molar refractivity (Wildman–Crippen MR) is 127 cm³/mol. The fourth-order valence-electron chi connectivity index (χ4n) is 3.49. The van der Waals surface area contributed by atoms with Gasteiger partial charge in [0, 0.05) is 51.1 Å². The zero-order chi connectivity index (χ0) is 23.7. The van der Waals surface area contributed by atoms with Crippen molar-refractivity contribution in [3.63, 3.8) is 0 Å². The van der Waals surface area contributed by atoms with Gasteiger partial charge in [-0.15, -0.1) is 0 Å². The van der Waals surface area contributed by atoms with E-state index in [0.717, 1.165) is 36.4 Å². The summed E-state index contributed by atoms with van der Waals surface area (Å²) in [6, 6.07) is 14.8. The molecule has 0 saturated carbocycles. The third-order valence-electron chi connectivity index (χ3n) is 5.39. The SMILES string of the molecule is COCCNCCNc1ccc(-c2ccc(S(=O)(=O)N3CC=C(C(=O)NO)CC3)cc2)cc1. The molecule has 0 bridgehead atoms. The van der Waals surface area contributed by atoms with Crippen molar-refractivity contribution < 1.29 is 23.2 Å². The molecule has 2 aromatic rings. The van der Waals surface area contributed by atoms with Crippen LogP contribution in [0.5, 0.6) is 0 Å². The lowest BCUT2D eigenvalue weighted by Gasteiger charge is -2.25. The fraction of sp³-hybridized carbons (Fsp3) is 0.348. The van der Waals surface area contributed by atoms with Crippen molar-refractivity contribution in [2.24, 2.45) is 0 Å². The lowest BCUT2D eigenvalue weighted by Crippen LogP contribution is -2.37. The smallest absolute Gasteiger partial charge is 0.270 e. The summed E-state index contributed by atoms with van der Waals surface area (Å²) >= 11 is 0. The van der Waals surface area contributed by atoms with Gasteiger partial charge in [0.25, 0.3) is 5.91 Å². The van der Waals surface area contributed by atoms with Crippen molar-refractivity contribution in [1.82, 2.24) is 15.1 Å². The molecule has 10 heteroatoms. The molecule has 4 N–H and O–H groups in total. The van der Waals surface area contributed by atoms with Gasteiger partial charge in [-0.2, -0.15) is 4.31 Å². The van der Waals surface area contributed by atoms with Gasteiger partial charge in [0.2, 0.25) is 10.0 Å². The number of hydrogen-bond donors (Lipinski definition) is 4. The average Bonchev–Trinajstić information content (AvgIpc) is 2.86. The number of carbonyl (C=O) groups is 1. The van der Waals surface area contributed by atoms with Crippen LogP contribution < -0.4 is 16.1 Å². The molecule has 9 nitrogen and oxygen atoms in total. The first kappa shape index (κ1) is 24.9. The number of anilines is 1. The van der Waals surface area contributed by atoms with E-state index in [9.17, 15) is 13.2 Å². The van der Waals surface area contributed by atoms with Crippen molar-refractivity contribution in [2.75, 3.05) is 51.8 Å². The molecule has 0 saturated heterocycles. The Hall–Kier alpha value is -2.76. The summed E-state index contributed by atoms with van der Waals surface area (Å²) in [5.74, 6) is -0.601. The van der Waals surface area contributed by atoms with E-state index in [2.05, 4.69) is 10.6 Å². The number of nitrogens with zero attached hydrogens (tertiary/aromatic N) is 1. The minimum Gasteiger partial charge on any atom is -0.384 e. The molecule has 2 aromatic carbocycles. The highest BCUT2D eigenvalue weighted by atomic mass is 32.2. The Morgan fingerprint density at radius 3 is 2.27 bits per heavy atom. The van der Waals surface area contributed by atoms with Crippen LogP contribution in [0.1, 0.15) is 6.42 Å². The van der Waals surface area contributed by atoms with E-state index in [4.69, 9.17) is 9.94 Å². The molecule has 1 aliphatic heterocycles. The van der Waals surface area contributed by atoms with Crippen molar-refractivity contribution in [1.29, 1.82) is 0 Å². The molecule has 0 atom stereocenters. The zero-order valence-corrected chi connectivity index (χ0v) is 19.4. The van der Waals surface area contributed by atoms with Gasteiger partial charge < -0.3 is 15.4 Å². The summed E-state index contributed by atoms with van der Waals surface area (Å²) in [5.41, 5.74) is 4.87. The topological polar surface area (TPSA) is 120 Å². The predicted octanol–water partition coefficient (Wildman–Crippen LogP) is 1.83. The molecule has 0 aliphatic carbocycles. The molecule has 0 spiro atoms. The molecule has 3 rings (SSSR count). The van der Waals surface area contributed by atoms with Crippen LogP contribution in [-0.4, -0.2) is 70.3 Å². The highest BCUT2D eigenvalue weighted by Crippen LogP contribution is 2.25. The number of hydroxylamine groups is 1. The number of ether oxygens (including phenoxy) is 1. The maximum atomic E-state index is 12.9. The molecule has 0 unspecified atom stereocenters. The van der Waals surface area contributed by atoms with E-state index in [1.54, 1.807) is 36.9 Å². The number of carbonyl (C=O) groups excluding carboxylic acids is 1. The number of sulfonamides is 1. The first-order chi connectivity index (χ1) is 16.0. The maximum absolute atomic E-state index is 12.9. The van der Waals surface area contributed by atoms with Crippen molar-refractivity contribution in [3.05, 3.63) is 60.2 Å². The minimum absolute atomic E-state index is 0.0865. The Bertz CT molecular complexity index is 1050. The van der Waals surface area contributed by atoms with Crippen LogP contribution in [0.3, 0.4) is 0 Å². The van der Waals surface area contributed by atoms with E-state index < -0.39 is 15.9 Å². The van der Waals surface area contributed by atoms with Crippen LogP contribution in [0.4, 0.5) is 5.69 Å². The van der Waals surface area contributed by atoms with Gasteiger partial charge in [-0.3, -0.25) is 10.0 Å². The van der Waals surface area contributed by atoms with Crippen LogP contribution in [0.25, 0.3) is 11.1 Å². The molecule has 178 valence electrons. The highest BCUT2D eigenvalue weighted by molar-refractivity contribution is 7.89. The van der Waals surface area contributed by atoms with Gasteiger partial charge in [-0.05, 0) is 41.8 Å². The molecule has 0 fully saturated rings. The van der Waals surface area contributed by atoms with Gasteiger partial charge in [0.05, 0.1) is 11.5 Å². The van der Waals surface area contributed by atoms with Gasteiger partial charge >= 0.3 is 0 Å². The van der Waals surface area contributed by atoms with Crippen LogP contribution in [0.15, 0.2) is 65.1 Å². The lowest BCUT2D eigenvalue weighted by molar-refractivity contribution is -0.125. The monoisotopic (exact) mass is 474 g/mol. The molecular weight excluding hydrogens is 444 g/mol. The van der Waals surface area contributed by atoms with Gasteiger partial charge in [0.15, 0.2) is 0 Å². The first-order valence-electron chi connectivity index (χ1n) is 10.7. The molecule has 1 aliphatic rings. The van der Waals surface area contributed by atoms with Crippen molar-refractivity contribution in [3.8, 4) is 11.1 Å². The van der Waals surface area contributed by atoms with Gasteiger partial charge in [-0.25, -0.2) is 13.9 Å². The van der Waals surface area contributed by atoms with E-state index in [0.29, 0.717) is 12.2 Å². The van der Waals surface area contributed by atoms with Gasteiger partial charge in [0.1, 0.15) is 0 Å². The third-order valence-corrected chi connectivity index (χ3v) is 7.27. The number of benzene rings is 2. The van der Waals surface area contributed by atoms with Crippen LogP contribution in [0, 0.1) is 0 Å². The number of rotatable bonds is 11. The van der Waals surface area contributed by atoms with E-state index in [1.807, 2.05) is 24.3 Å². The van der Waals surface area contributed by atoms with Gasteiger partial charge in [-0.1, -0.05) is 30.3 Å². The van der Waals surface area contributed by atoms with Crippen molar-refractivity contribution in [2.45, 2.75) is 11.3 Å². The quantitative estimate of drug-likeness (QED) is 0.223. The third kappa shape index (κ3) is 6.62. The normalized spacial score (nSPS) is 14.5. The Morgan fingerprint density at radius 1 is 1.03 bits per heavy atom. The van der Waals surface area contributed by atoms with E-state index >= 15 is 0 Å². The molecular formula is C23H30N4O5S. The van der Waals surface area contributed by atoms with E-state index in [1.165, 1.54) is 10.4 Å². The number of hydrogen-bond acceptors (Lipinski definition) is 7. The summed E-state index contributed by atoms with van der Waals surface area (Å²) in [6.45, 7) is 3.41. The summed E-state index contributed by atoms with van der Waals surface area (Å²) in [5, 5.41) is 15.3. The summed E-state index contributed by atoms with van der Waals surface area (Å²) < 4.78 is 32.2. The molecule has 0 radical (unpaired) electrons. The molecule has 1 amide bonds. The first-order valence-corrected chi connectivity index (χ1v) is 12.2. The Morgan fingerprint density at radius 2 is 1.70 bits per heavy atom. The standard InChI is InChI=1S/C23H30N4O5S/c1-32-17-14-24-12-13-25-21-6-2-18(3-7-21)19-4-8-22(9-5-19)33(30,31)27-15-10-20(11-16-27)23(28)26-29/h2-10,24-25,29H,11-17H2,1H3,(H,26,28). The van der Waals surface area contributed by atoms with Crippen molar-refractivity contribution >= 4 is 21.6 Å². The lowest BCUT2D eigenvalue weighted by atomic mass is 10.1. The van der Waals surface area contributed by atoms with Crippen LogP contribution >= 0.6 is 0 Å². The average molecular weight is 475 g/mol. The van der Waals surface area contributed by atoms with E-state index in [-0.39, 0.29) is 24.4 Å². The Labute approximate surface area is 194 Å². The Kier molecular flexibility index (Phi) is 8.98. The largest absolute Gasteiger partial charge is 0.384 e. The summed E-state index contributed by atoms with van der Waals surface area (Å²) in [4.78, 5) is 11.7. The van der Waals surface area contributed by atoms with Crippen LogP contribution in [0.2, 0.25) is 0 Å². The second kappa shape index (κ2) is 11.9. The zero-order valence-electron chi connectivity index (χ0n) is 18.6. The summed E-state index contributed by atoms with van der Waals surface area (Å²) in [6.07, 6.45) is 1.76. The number of amides is 1. The Balaban J connectivity index is 1.58. The summed E-state index contributed by atoms with van der Waals surface area (Å²) in [7, 11) is -1.99. The second-order valence-corrected chi connectivity index (χ2v) is 9.49. The molecule has 0 aromatic heterocycles. The molecule has 1 heterocycles. The fourth-order valence-corrected chi connectivity index (χ4v) is 4.87. The number of methoxy groups -OCH3 is 1. The second-order valence-electron chi connectivity index (χ2n) is 7.55. The minimum atomic E-state index is -3.67. The van der Waals surface area contributed by atoms with Crippen LogP contribution in [-0.2, 0) is 19.6 Å².